The Kier molecular flexibility index (Phi) is 7.78. The minimum absolute atomic E-state index is 0.0428. The Morgan fingerprint density at radius 2 is 1.69 bits per heavy atom. The lowest BCUT2D eigenvalue weighted by atomic mass is 10.1. The van der Waals surface area contributed by atoms with E-state index in [4.69, 9.17) is 16.3 Å². The normalized spacial score (nSPS) is 11.3. The van der Waals surface area contributed by atoms with Crippen LogP contribution in [0.3, 0.4) is 0 Å². The summed E-state index contributed by atoms with van der Waals surface area (Å²) in [5, 5.41) is 3.11. The maximum Gasteiger partial charge on any atom is 0.338 e. The molecule has 0 radical (unpaired) electrons. The third-order valence-electron chi connectivity index (χ3n) is 4.21. The highest BCUT2D eigenvalue weighted by Gasteiger charge is 2.25. The SMILES string of the molecule is CCN(CC)S(=O)(=O)c1cc(C(=O)OCC(=O)Nc2ccc(Cl)cc2)ccc1C. The first-order valence-electron chi connectivity index (χ1n) is 9.02. The zero-order valence-corrected chi connectivity index (χ0v) is 18.0. The van der Waals surface area contributed by atoms with Crippen molar-refractivity contribution in [3.63, 3.8) is 0 Å². The molecule has 0 atom stereocenters. The molecule has 0 unspecified atom stereocenters. The van der Waals surface area contributed by atoms with Gasteiger partial charge in [-0.05, 0) is 48.9 Å². The van der Waals surface area contributed by atoms with Crippen LogP contribution in [-0.4, -0.2) is 44.3 Å². The lowest BCUT2D eigenvalue weighted by Gasteiger charge is -2.20. The molecule has 0 aliphatic heterocycles. The smallest absolute Gasteiger partial charge is 0.338 e. The molecule has 0 heterocycles. The highest BCUT2D eigenvalue weighted by Crippen LogP contribution is 2.22. The summed E-state index contributed by atoms with van der Waals surface area (Å²) in [6, 6.07) is 10.8. The first kappa shape index (κ1) is 22.9. The van der Waals surface area contributed by atoms with Gasteiger partial charge in [0.05, 0.1) is 10.5 Å². The van der Waals surface area contributed by atoms with Gasteiger partial charge in [-0.2, -0.15) is 4.31 Å². The second-order valence-corrected chi connectivity index (χ2v) is 8.54. The van der Waals surface area contributed by atoms with E-state index in [1.165, 1.54) is 16.4 Å². The second-order valence-electron chi connectivity index (χ2n) is 6.20. The van der Waals surface area contributed by atoms with Gasteiger partial charge in [0.15, 0.2) is 6.61 Å². The number of esters is 1. The van der Waals surface area contributed by atoms with Gasteiger partial charge in [0, 0.05) is 23.8 Å². The predicted molar refractivity (Wildman–Crippen MR) is 112 cm³/mol. The van der Waals surface area contributed by atoms with E-state index in [9.17, 15) is 18.0 Å². The standard InChI is InChI=1S/C20H23ClN2O5S/c1-4-23(5-2)29(26,27)18-12-15(7-6-14(18)3)20(25)28-13-19(24)22-17-10-8-16(21)9-11-17/h6-12H,4-5,13H2,1-3H3,(H,22,24). The zero-order chi connectivity index (χ0) is 21.6. The average Bonchev–Trinajstić information content (AvgIpc) is 2.69. The number of ether oxygens (including phenoxy) is 1. The molecular weight excluding hydrogens is 416 g/mol. The lowest BCUT2D eigenvalue weighted by Crippen LogP contribution is -2.31. The third-order valence-corrected chi connectivity index (χ3v) is 6.65. The first-order valence-corrected chi connectivity index (χ1v) is 10.8. The zero-order valence-electron chi connectivity index (χ0n) is 16.4. The number of carbonyl (C=O) groups excluding carboxylic acids is 2. The molecule has 156 valence electrons. The van der Waals surface area contributed by atoms with Crippen molar-refractivity contribution in [3.05, 3.63) is 58.6 Å². The van der Waals surface area contributed by atoms with Gasteiger partial charge in [0.1, 0.15) is 0 Å². The summed E-state index contributed by atoms with van der Waals surface area (Å²) in [7, 11) is -3.73. The van der Waals surface area contributed by atoms with Crippen molar-refractivity contribution < 1.29 is 22.7 Å². The van der Waals surface area contributed by atoms with Crippen LogP contribution in [-0.2, 0) is 19.6 Å². The molecule has 2 rings (SSSR count). The topological polar surface area (TPSA) is 92.8 Å². The number of nitrogens with zero attached hydrogens (tertiary/aromatic N) is 1. The summed E-state index contributed by atoms with van der Waals surface area (Å²) >= 11 is 5.78. The average molecular weight is 439 g/mol. The van der Waals surface area contributed by atoms with Gasteiger partial charge < -0.3 is 10.1 Å². The van der Waals surface area contributed by atoms with Crippen molar-refractivity contribution in [2.75, 3.05) is 25.0 Å². The number of halogens is 1. The highest BCUT2D eigenvalue weighted by molar-refractivity contribution is 7.89. The van der Waals surface area contributed by atoms with Gasteiger partial charge in [-0.3, -0.25) is 4.79 Å². The molecule has 0 bridgehead atoms. The van der Waals surface area contributed by atoms with E-state index >= 15 is 0 Å². The molecule has 7 nitrogen and oxygen atoms in total. The van der Waals surface area contributed by atoms with Crippen LogP contribution in [0.4, 0.5) is 5.69 Å². The fourth-order valence-corrected chi connectivity index (χ4v) is 4.49. The Hall–Kier alpha value is -2.42. The molecule has 1 N–H and O–H groups in total. The van der Waals surface area contributed by atoms with Gasteiger partial charge in [-0.1, -0.05) is 31.5 Å². The molecule has 0 saturated carbocycles. The van der Waals surface area contributed by atoms with E-state index in [0.717, 1.165) is 0 Å². The molecule has 1 amide bonds. The Morgan fingerprint density at radius 3 is 2.28 bits per heavy atom. The molecule has 0 saturated heterocycles. The van der Waals surface area contributed by atoms with Gasteiger partial charge in [0.2, 0.25) is 10.0 Å². The summed E-state index contributed by atoms with van der Waals surface area (Å²) in [6.07, 6.45) is 0. The van der Waals surface area contributed by atoms with Crippen LogP contribution in [0.15, 0.2) is 47.4 Å². The maximum absolute atomic E-state index is 12.8. The minimum Gasteiger partial charge on any atom is -0.452 e. The summed E-state index contributed by atoms with van der Waals surface area (Å²) in [5.74, 6) is -1.31. The largest absolute Gasteiger partial charge is 0.452 e. The van der Waals surface area contributed by atoms with E-state index in [1.807, 2.05) is 0 Å². The van der Waals surface area contributed by atoms with Crippen molar-refractivity contribution in [2.24, 2.45) is 0 Å². The number of amides is 1. The van der Waals surface area contributed by atoms with Crippen LogP contribution in [0.25, 0.3) is 0 Å². The van der Waals surface area contributed by atoms with Crippen molar-refractivity contribution in [3.8, 4) is 0 Å². The van der Waals surface area contributed by atoms with E-state index < -0.39 is 28.5 Å². The van der Waals surface area contributed by atoms with Crippen molar-refractivity contribution in [1.29, 1.82) is 0 Å². The Balaban J connectivity index is 2.09. The number of anilines is 1. The number of rotatable bonds is 8. The first-order chi connectivity index (χ1) is 13.7. The molecule has 0 aliphatic rings. The van der Waals surface area contributed by atoms with E-state index in [0.29, 0.717) is 29.4 Å². The summed E-state index contributed by atoms with van der Waals surface area (Å²) in [4.78, 5) is 24.3. The fourth-order valence-electron chi connectivity index (χ4n) is 2.65. The summed E-state index contributed by atoms with van der Waals surface area (Å²) < 4.78 is 31.9. The molecule has 0 spiro atoms. The van der Waals surface area contributed by atoms with E-state index in [2.05, 4.69) is 5.32 Å². The summed E-state index contributed by atoms with van der Waals surface area (Å²) in [6.45, 7) is 5.27. The quantitative estimate of drug-likeness (QED) is 0.637. The van der Waals surface area contributed by atoms with Crippen LogP contribution in [0.1, 0.15) is 29.8 Å². The van der Waals surface area contributed by atoms with Crippen LogP contribution in [0.5, 0.6) is 0 Å². The number of sulfonamides is 1. The molecular formula is C20H23ClN2O5S. The maximum atomic E-state index is 12.8. The lowest BCUT2D eigenvalue weighted by molar-refractivity contribution is -0.119. The highest BCUT2D eigenvalue weighted by atomic mass is 35.5. The van der Waals surface area contributed by atoms with Crippen LogP contribution >= 0.6 is 11.6 Å². The molecule has 2 aromatic rings. The Labute approximate surface area is 175 Å². The third kappa shape index (κ3) is 5.79. The van der Waals surface area contributed by atoms with Crippen molar-refractivity contribution in [1.82, 2.24) is 4.31 Å². The minimum atomic E-state index is -3.73. The second kappa shape index (κ2) is 9.87. The molecule has 0 fully saturated rings. The summed E-state index contributed by atoms with van der Waals surface area (Å²) in [5.41, 5.74) is 1.09. The van der Waals surface area contributed by atoms with Crippen LogP contribution in [0, 0.1) is 6.92 Å². The predicted octanol–water partition coefficient (Wildman–Crippen LogP) is 3.47. The molecule has 9 heteroatoms. The van der Waals surface area contributed by atoms with Crippen molar-refractivity contribution >= 4 is 39.2 Å². The Bertz CT molecular complexity index is 986. The van der Waals surface area contributed by atoms with Crippen LogP contribution < -0.4 is 5.32 Å². The number of nitrogens with one attached hydrogen (secondary N) is 1. The number of hydrogen-bond donors (Lipinski definition) is 1. The molecule has 0 aromatic heterocycles. The molecule has 0 aliphatic carbocycles. The number of hydrogen-bond acceptors (Lipinski definition) is 5. The Morgan fingerprint density at radius 1 is 1.07 bits per heavy atom. The number of benzene rings is 2. The van der Waals surface area contributed by atoms with Crippen molar-refractivity contribution in [2.45, 2.75) is 25.7 Å². The number of carbonyl (C=O) groups is 2. The van der Waals surface area contributed by atoms with E-state index in [1.54, 1.807) is 51.1 Å². The fraction of sp³-hybridized carbons (Fsp3) is 0.300. The van der Waals surface area contributed by atoms with Gasteiger partial charge >= 0.3 is 5.97 Å². The molecule has 2 aromatic carbocycles. The van der Waals surface area contributed by atoms with Gasteiger partial charge in [-0.15, -0.1) is 0 Å². The monoisotopic (exact) mass is 438 g/mol. The molecule has 29 heavy (non-hydrogen) atoms. The van der Waals surface area contributed by atoms with Gasteiger partial charge in [0.25, 0.3) is 5.91 Å². The van der Waals surface area contributed by atoms with E-state index in [-0.39, 0.29) is 10.5 Å². The van der Waals surface area contributed by atoms with Crippen LogP contribution in [0.2, 0.25) is 5.02 Å². The van der Waals surface area contributed by atoms with Gasteiger partial charge in [-0.25, -0.2) is 13.2 Å². The number of aryl methyl sites for hydroxylation is 1.